The van der Waals surface area contributed by atoms with Crippen LogP contribution in [-0.2, 0) is 9.84 Å². The third-order valence-corrected chi connectivity index (χ3v) is 6.54. The molecule has 0 saturated carbocycles. The van der Waals surface area contributed by atoms with Crippen molar-refractivity contribution in [1.82, 2.24) is 9.88 Å². The van der Waals surface area contributed by atoms with E-state index in [-0.39, 0.29) is 16.4 Å². The quantitative estimate of drug-likeness (QED) is 0.708. The second-order valence-corrected chi connectivity index (χ2v) is 11.1. The van der Waals surface area contributed by atoms with Crippen molar-refractivity contribution in [3.8, 4) is 11.8 Å². The lowest BCUT2D eigenvalue weighted by molar-refractivity contribution is 0.0730. The van der Waals surface area contributed by atoms with Crippen LogP contribution in [0.25, 0.3) is 0 Å². The summed E-state index contributed by atoms with van der Waals surface area (Å²) in [6.07, 6.45) is 2.66. The average molecular weight is 449 g/mol. The number of hydrogen-bond donors (Lipinski definition) is 0. The molecule has 0 N–H and O–H groups in total. The summed E-state index contributed by atoms with van der Waals surface area (Å²) in [5.74, 6) is 0.0946. The van der Waals surface area contributed by atoms with Gasteiger partial charge >= 0.3 is 0 Å². The molecule has 2 heterocycles. The predicted octanol–water partition coefficient (Wildman–Crippen LogP) is 2.56. The number of nitrogens with zero attached hydrogens (tertiary/aromatic N) is 4. The van der Waals surface area contributed by atoms with Gasteiger partial charge in [-0.3, -0.25) is 4.79 Å². The molecule has 1 saturated heterocycles. The number of carbonyl (C=O) groups excluding carboxylic acids is 1. The Bertz CT molecular complexity index is 1090. The summed E-state index contributed by atoms with van der Waals surface area (Å²) in [7, 11) is -3.46. The van der Waals surface area contributed by atoms with Gasteiger partial charge in [0.05, 0.1) is 16.7 Å². The minimum absolute atomic E-state index is 0.0811. The molecule has 1 aromatic heterocycles. The standard InChI is InChI=1S/C20H24N4O4S2/c1-20(2,3)28-17-6-5-15(30(4,26)27)11-16(17)18(25)23-7-9-24(10-8-23)19-22-13-14(12-21)29-19/h5-6,11,13H,7-10H2,1-4H3. The maximum atomic E-state index is 13.3. The Balaban J connectivity index is 1.82. The van der Waals surface area contributed by atoms with Crippen molar-refractivity contribution in [2.75, 3.05) is 37.3 Å². The van der Waals surface area contributed by atoms with Gasteiger partial charge in [0.15, 0.2) is 15.0 Å². The topological polar surface area (TPSA) is 104 Å². The summed E-state index contributed by atoms with van der Waals surface area (Å²) >= 11 is 1.32. The summed E-state index contributed by atoms with van der Waals surface area (Å²) in [5, 5.41) is 9.73. The Kier molecular flexibility index (Phi) is 6.06. The van der Waals surface area contributed by atoms with E-state index in [0.29, 0.717) is 36.8 Å². The summed E-state index contributed by atoms with van der Waals surface area (Å²) in [5.41, 5.74) is -0.300. The number of benzene rings is 1. The maximum absolute atomic E-state index is 13.3. The smallest absolute Gasteiger partial charge is 0.257 e. The van der Waals surface area contributed by atoms with Crippen molar-refractivity contribution in [3.05, 3.63) is 34.8 Å². The highest BCUT2D eigenvalue weighted by Crippen LogP contribution is 2.29. The third kappa shape index (κ3) is 5.09. The summed E-state index contributed by atoms with van der Waals surface area (Å²) in [6.45, 7) is 7.67. The number of sulfone groups is 1. The van der Waals surface area contributed by atoms with Gasteiger partial charge in [0, 0.05) is 32.4 Å². The van der Waals surface area contributed by atoms with Crippen LogP contribution in [0.1, 0.15) is 36.0 Å². The zero-order valence-corrected chi connectivity index (χ0v) is 19.0. The monoisotopic (exact) mass is 448 g/mol. The first kappa shape index (κ1) is 22.1. The Morgan fingerprint density at radius 1 is 1.23 bits per heavy atom. The number of amides is 1. The molecule has 1 fully saturated rings. The lowest BCUT2D eigenvalue weighted by atomic mass is 10.1. The molecular weight excluding hydrogens is 424 g/mol. The number of rotatable bonds is 4. The van der Waals surface area contributed by atoms with E-state index in [1.165, 1.54) is 23.5 Å². The second-order valence-electron chi connectivity index (χ2n) is 8.04. The van der Waals surface area contributed by atoms with Gasteiger partial charge in [-0.2, -0.15) is 5.26 Å². The number of ether oxygens (including phenoxy) is 1. The van der Waals surface area contributed by atoms with Gasteiger partial charge in [-0.05, 0) is 39.0 Å². The summed E-state index contributed by atoms with van der Waals surface area (Å²) in [4.78, 5) is 21.9. The number of nitriles is 1. The van der Waals surface area contributed by atoms with Crippen LogP contribution < -0.4 is 9.64 Å². The molecule has 0 atom stereocenters. The normalized spacial score (nSPS) is 15.0. The van der Waals surface area contributed by atoms with Crippen LogP contribution >= 0.6 is 11.3 Å². The van der Waals surface area contributed by atoms with Gasteiger partial charge < -0.3 is 14.5 Å². The highest BCUT2D eigenvalue weighted by molar-refractivity contribution is 7.90. The first-order chi connectivity index (χ1) is 14.0. The van der Waals surface area contributed by atoms with Crippen LogP contribution in [0.3, 0.4) is 0 Å². The van der Waals surface area contributed by atoms with Crippen LogP contribution in [0.2, 0.25) is 0 Å². The Labute approximate surface area is 180 Å². The fraction of sp³-hybridized carbons (Fsp3) is 0.450. The van der Waals surface area contributed by atoms with E-state index in [4.69, 9.17) is 10.00 Å². The molecule has 2 aromatic rings. The molecule has 30 heavy (non-hydrogen) atoms. The molecule has 0 radical (unpaired) electrons. The lowest BCUT2D eigenvalue weighted by Crippen LogP contribution is -2.49. The van der Waals surface area contributed by atoms with Crippen LogP contribution in [0.5, 0.6) is 5.75 Å². The van der Waals surface area contributed by atoms with E-state index in [0.717, 1.165) is 11.4 Å². The minimum atomic E-state index is -3.46. The van der Waals surface area contributed by atoms with Crippen molar-refractivity contribution in [1.29, 1.82) is 5.26 Å². The van der Waals surface area contributed by atoms with E-state index < -0.39 is 15.4 Å². The van der Waals surface area contributed by atoms with Gasteiger partial charge in [-0.15, -0.1) is 0 Å². The van der Waals surface area contributed by atoms with Crippen LogP contribution in [0, 0.1) is 11.3 Å². The van der Waals surface area contributed by atoms with E-state index in [1.54, 1.807) is 17.2 Å². The largest absolute Gasteiger partial charge is 0.487 e. The molecule has 1 aromatic carbocycles. The number of carbonyl (C=O) groups is 1. The van der Waals surface area contributed by atoms with Crippen molar-refractivity contribution >= 4 is 32.2 Å². The van der Waals surface area contributed by atoms with E-state index in [9.17, 15) is 13.2 Å². The number of thiazole rings is 1. The molecule has 10 heteroatoms. The van der Waals surface area contributed by atoms with Crippen LogP contribution in [0.15, 0.2) is 29.3 Å². The number of anilines is 1. The predicted molar refractivity (Wildman–Crippen MR) is 115 cm³/mol. The molecule has 8 nitrogen and oxygen atoms in total. The van der Waals surface area contributed by atoms with E-state index in [1.807, 2.05) is 25.7 Å². The third-order valence-electron chi connectivity index (χ3n) is 4.47. The molecule has 0 spiro atoms. The second kappa shape index (κ2) is 8.24. The highest BCUT2D eigenvalue weighted by atomic mass is 32.2. The molecule has 0 unspecified atom stereocenters. The highest BCUT2D eigenvalue weighted by Gasteiger charge is 2.28. The van der Waals surface area contributed by atoms with Crippen molar-refractivity contribution < 1.29 is 17.9 Å². The zero-order chi connectivity index (χ0) is 22.1. The van der Waals surface area contributed by atoms with Crippen molar-refractivity contribution in [2.24, 2.45) is 0 Å². The molecule has 160 valence electrons. The Hall–Kier alpha value is -2.64. The molecule has 0 bridgehead atoms. The molecule has 1 aliphatic heterocycles. The zero-order valence-electron chi connectivity index (χ0n) is 17.4. The van der Waals surface area contributed by atoms with E-state index in [2.05, 4.69) is 11.1 Å². The lowest BCUT2D eigenvalue weighted by Gasteiger charge is -2.35. The summed E-state index contributed by atoms with van der Waals surface area (Å²) in [6, 6.07) is 6.48. The molecule has 1 aliphatic rings. The van der Waals surface area contributed by atoms with Gasteiger partial charge in [0.2, 0.25) is 0 Å². The maximum Gasteiger partial charge on any atom is 0.257 e. The molecular formula is C20H24N4O4S2. The van der Waals surface area contributed by atoms with Crippen molar-refractivity contribution in [3.63, 3.8) is 0 Å². The number of hydrogen-bond acceptors (Lipinski definition) is 8. The van der Waals surface area contributed by atoms with Gasteiger partial charge in [0.1, 0.15) is 22.3 Å². The first-order valence-electron chi connectivity index (χ1n) is 9.41. The van der Waals surface area contributed by atoms with Crippen LogP contribution in [-0.4, -0.2) is 62.2 Å². The number of piperazine rings is 1. The average Bonchev–Trinajstić information content (AvgIpc) is 3.15. The fourth-order valence-corrected chi connectivity index (χ4v) is 4.47. The fourth-order valence-electron chi connectivity index (χ4n) is 3.06. The van der Waals surface area contributed by atoms with Gasteiger partial charge in [0.25, 0.3) is 5.91 Å². The number of aromatic nitrogens is 1. The minimum Gasteiger partial charge on any atom is -0.487 e. The van der Waals surface area contributed by atoms with E-state index >= 15 is 0 Å². The molecule has 1 amide bonds. The molecule has 3 rings (SSSR count). The van der Waals surface area contributed by atoms with Gasteiger partial charge in [-0.25, -0.2) is 13.4 Å². The molecule has 0 aliphatic carbocycles. The summed E-state index contributed by atoms with van der Waals surface area (Å²) < 4.78 is 29.9. The first-order valence-corrected chi connectivity index (χ1v) is 12.1. The Morgan fingerprint density at radius 2 is 1.90 bits per heavy atom. The van der Waals surface area contributed by atoms with Gasteiger partial charge in [-0.1, -0.05) is 11.3 Å². The van der Waals surface area contributed by atoms with Crippen molar-refractivity contribution in [2.45, 2.75) is 31.3 Å². The van der Waals surface area contributed by atoms with Crippen LogP contribution in [0.4, 0.5) is 5.13 Å². The SMILES string of the molecule is CC(C)(C)Oc1ccc(S(C)(=O)=O)cc1C(=O)N1CCN(c2ncc(C#N)s2)CC1. The Morgan fingerprint density at radius 3 is 2.43 bits per heavy atom.